The Labute approximate surface area is 268 Å². The van der Waals surface area contributed by atoms with Crippen molar-refractivity contribution in [3.8, 4) is 0 Å². The number of carbonyl (C=O) groups excluding carboxylic acids is 5. The van der Waals surface area contributed by atoms with E-state index >= 15 is 0 Å². The summed E-state index contributed by atoms with van der Waals surface area (Å²) >= 11 is 0. The van der Waals surface area contributed by atoms with Crippen molar-refractivity contribution in [2.75, 3.05) is 14.1 Å². The number of para-hydroxylation sites is 1. The Bertz CT molecular complexity index is 1670. The van der Waals surface area contributed by atoms with Crippen LogP contribution in [-0.2, 0) is 32.0 Å². The largest absolute Gasteiger partial charge is 0.361 e. The number of H-pyrrole nitrogens is 1. The van der Waals surface area contributed by atoms with E-state index in [1.54, 1.807) is 50.6 Å². The third kappa shape index (κ3) is 8.81. The topological polar surface area (TPSA) is 152 Å². The highest BCUT2D eigenvalue weighted by Gasteiger charge is 2.30. The minimum absolute atomic E-state index is 0.125. The van der Waals surface area contributed by atoms with Crippen molar-refractivity contribution in [3.05, 3.63) is 108 Å². The summed E-state index contributed by atoms with van der Waals surface area (Å²) in [5, 5.41) is 11.8. The van der Waals surface area contributed by atoms with Crippen LogP contribution in [0.25, 0.3) is 10.9 Å². The van der Waals surface area contributed by atoms with Crippen LogP contribution in [-0.4, -0.2) is 77.7 Å². The van der Waals surface area contributed by atoms with Gasteiger partial charge in [0.25, 0.3) is 5.91 Å². The number of nitrogens with one attached hydrogen (secondary N) is 5. The normalized spacial score (nSPS) is 13.5. The highest BCUT2D eigenvalue weighted by molar-refractivity contribution is 5.99. The average molecular weight is 625 g/mol. The molecule has 0 aliphatic carbocycles. The maximum Gasteiger partial charge on any atom is 0.251 e. The molecule has 4 aromatic rings. The van der Waals surface area contributed by atoms with Crippen LogP contribution < -0.4 is 21.3 Å². The SMILES string of the molecule is C[C@H](NC(=O)c1ccccc1)C(=O)N[C@@H](C)C(=O)N[C@H](Cc1c[nH]c2ccccc12)C(=O)N[C@@H](Cc1ccccc1)C(=O)N(C)C. The van der Waals surface area contributed by atoms with E-state index in [4.69, 9.17) is 0 Å². The van der Waals surface area contributed by atoms with Gasteiger partial charge in [0.1, 0.15) is 24.2 Å². The van der Waals surface area contributed by atoms with Crippen molar-refractivity contribution in [2.45, 2.75) is 50.9 Å². The van der Waals surface area contributed by atoms with Gasteiger partial charge in [0, 0.05) is 49.6 Å². The molecular formula is C35H40N6O5. The molecule has 11 nitrogen and oxygen atoms in total. The van der Waals surface area contributed by atoms with Gasteiger partial charge in [0.05, 0.1) is 0 Å². The van der Waals surface area contributed by atoms with E-state index < -0.39 is 47.8 Å². The summed E-state index contributed by atoms with van der Waals surface area (Å²) in [5.41, 5.74) is 2.94. The minimum atomic E-state index is -1.07. The van der Waals surface area contributed by atoms with Crippen molar-refractivity contribution in [2.24, 2.45) is 0 Å². The second kappa shape index (κ2) is 15.5. The predicted molar refractivity (Wildman–Crippen MR) is 176 cm³/mol. The molecule has 5 N–H and O–H groups in total. The van der Waals surface area contributed by atoms with Gasteiger partial charge < -0.3 is 31.2 Å². The van der Waals surface area contributed by atoms with E-state index in [0.29, 0.717) is 5.56 Å². The number of fused-ring (bicyclic) bond motifs is 1. The van der Waals surface area contributed by atoms with E-state index in [-0.39, 0.29) is 18.7 Å². The number of aromatic amines is 1. The molecule has 1 heterocycles. The fourth-order valence-corrected chi connectivity index (χ4v) is 5.00. The molecule has 11 heteroatoms. The van der Waals surface area contributed by atoms with Gasteiger partial charge in [-0.05, 0) is 43.2 Å². The lowest BCUT2D eigenvalue weighted by Crippen LogP contribution is -2.58. The number of hydrogen-bond acceptors (Lipinski definition) is 5. The third-order valence-electron chi connectivity index (χ3n) is 7.60. The first-order chi connectivity index (χ1) is 22.0. The van der Waals surface area contributed by atoms with Gasteiger partial charge in [-0.2, -0.15) is 0 Å². The molecule has 4 rings (SSSR count). The van der Waals surface area contributed by atoms with Gasteiger partial charge in [0.2, 0.25) is 23.6 Å². The van der Waals surface area contributed by atoms with Crippen LogP contribution in [0.4, 0.5) is 0 Å². The van der Waals surface area contributed by atoms with E-state index in [0.717, 1.165) is 22.0 Å². The number of hydrogen-bond donors (Lipinski definition) is 5. The molecule has 4 atom stereocenters. The molecule has 46 heavy (non-hydrogen) atoms. The molecule has 3 aromatic carbocycles. The van der Waals surface area contributed by atoms with E-state index in [1.807, 2.05) is 54.6 Å². The molecule has 0 spiro atoms. The van der Waals surface area contributed by atoms with Crippen LogP contribution in [0.5, 0.6) is 0 Å². The molecule has 5 amide bonds. The Balaban J connectivity index is 1.49. The molecule has 0 bridgehead atoms. The fraction of sp³-hybridized carbons (Fsp3) is 0.286. The smallest absolute Gasteiger partial charge is 0.251 e. The van der Waals surface area contributed by atoms with E-state index in [9.17, 15) is 24.0 Å². The van der Waals surface area contributed by atoms with Crippen LogP contribution in [0.1, 0.15) is 35.3 Å². The quantitative estimate of drug-likeness (QED) is 0.155. The lowest BCUT2D eigenvalue weighted by molar-refractivity contribution is -0.136. The molecule has 0 radical (unpaired) electrons. The van der Waals surface area contributed by atoms with Crippen molar-refractivity contribution in [1.82, 2.24) is 31.2 Å². The summed E-state index contributed by atoms with van der Waals surface area (Å²) in [5.74, 6) is -2.43. The number of likely N-dealkylation sites (N-methyl/N-ethyl adjacent to an activating group) is 1. The minimum Gasteiger partial charge on any atom is -0.361 e. The van der Waals surface area contributed by atoms with Gasteiger partial charge in [-0.3, -0.25) is 24.0 Å². The van der Waals surface area contributed by atoms with E-state index in [2.05, 4.69) is 26.3 Å². The average Bonchev–Trinajstić information content (AvgIpc) is 3.47. The predicted octanol–water partition coefficient (Wildman–Crippen LogP) is 2.33. The van der Waals surface area contributed by atoms with Crippen molar-refractivity contribution < 1.29 is 24.0 Å². The number of carbonyl (C=O) groups is 5. The molecule has 0 aliphatic rings. The highest BCUT2D eigenvalue weighted by atomic mass is 16.2. The summed E-state index contributed by atoms with van der Waals surface area (Å²) in [7, 11) is 3.23. The molecule has 0 aliphatic heterocycles. The number of nitrogens with zero attached hydrogens (tertiary/aromatic N) is 1. The van der Waals surface area contributed by atoms with Crippen molar-refractivity contribution >= 4 is 40.4 Å². The zero-order chi connectivity index (χ0) is 33.2. The van der Waals surface area contributed by atoms with Crippen molar-refractivity contribution in [3.63, 3.8) is 0 Å². The van der Waals surface area contributed by atoms with Gasteiger partial charge in [0.15, 0.2) is 0 Å². The number of aromatic nitrogens is 1. The second-order valence-corrected chi connectivity index (χ2v) is 11.4. The lowest BCUT2D eigenvalue weighted by atomic mass is 10.0. The summed E-state index contributed by atoms with van der Waals surface area (Å²) in [4.78, 5) is 70.3. The highest BCUT2D eigenvalue weighted by Crippen LogP contribution is 2.19. The molecule has 1 aromatic heterocycles. The number of rotatable bonds is 13. The molecule has 0 unspecified atom stereocenters. The first kappa shape index (κ1) is 33.4. The number of benzene rings is 3. The van der Waals surface area contributed by atoms with Crippen LogP contribution >= 0.6 is 0 Å². The Kier molecular flexibility index (Phi) is 11.3. The first-order valence-corrected chi connectivity index (χ1v) is 15.1. The molecule has 240 valence electrons. The van der Waals surface area contributed by atoms with Gasteiger partial charge >= 0.3 is 0 Å². The maximum absolute atomic E-state index is 13.8. The zero-order valence-corrected chi connectivity index (χ0v) is 26.4. The van der Waals surface area contributed by atoms with Crippen LogP contribution in [0.2, 0.25) is 0 Å². The summed E-state index contributed by atoms with van der Waals surface area (Å²) in [6, 6.07) is 21.5. The van der Waals surface area contributed by atoms with Crippen molar-refractivity contribution in [1.29, 1.82) is 0 Å². The van der Waals surface area contributed by atoms with Gasteiger partial charge in [-0.25, -0.2) is 0 Å². The fourth-order valence-electron chi connectivity index (χ4n) is 5.00. The van der Waals surface area contributed by atoms with Gasteiger partial charge in [-0.1, -0.05) is 66.7 Å². The van der Waals surface area contributed by atoms with Crippen LogP contribution in [0.15, 0.2) is 91.1 Å². The van der Waals surface area contributed by atoms with E-state index in [1.165, 1.54) is 18.7 Å². The second-order valence-electron chi connectivity index (χ2n) is 11.4. The monoisotopic (exact) mass is 624 g/mol. The Morgan fingerprint density at radius 1 is 0.652 bits per heavy atom. The summed E-state index contributed by atoms with van der Waals surface area (Å²) < 4.78 is 0. The standard InChI is InChI=1S/C35H40N6O5/c1-22(38-33(44)25-15-9-6-10-16-25)31(42)37-23(2)32(43)39-29(20-26-21-36-28-18-12-11-17-27(26)28)34(45)40-30(35(46)41(3)4)19-24-13-7-5-8-14-24/h5-18,21-23,29-30,36H,19-20H2,1-4H3,(H,37,42)(H,38,44)(H,39,43)(H,40,45)/t22-,23-,29+,30-/m0/s1. The third-order valence-corrected chi connectivity index (χ3v) is 7.60. The molecule has 0 saturated carbocycles. The van der Waals surface area contributed by atoms with Gasteiger partial charge in [-0.15, -0.1) is 0 Å². The Hall–Kier alpha value is -5.45. The molecule has 0 saturated heterocycles. The van der Waals surface area contributed by atoms with Crippen LogP contribution in [0, 0.1) is 0 Å². The zero-order valence-electron chi connectivity index (χ0n) is 26.4. The van der Waals surface area contributed by atoms with Crippen LogP contribution in [0.3, 0.4) is 0 Å². The Morgan fingerprint density at radius 3 is 1.89 bits per heavy atom. The summed E-state index contributed by atoms with van der Waals surface area (Å²) in [6.07, 6.45) is 2.17. The first-order valence-electron chi connectivity index (χ1n) is 15.1. The number of amides is 5. The lowest BCUT2D eigenvalue weighted by Gasteiger charge is -2.26. The summed E-state index contributed by atoms with van der Waals surface area (Å²) in [6.45, 7) is 3.01. The molecule has 0 fully saturated rings. The molecular weight excluding hydrogens is 584 g/mol. The maximum atomic E-state index is 13.8. The Morgan fingerprint density at radius 2 is 1.22 bits per heavy atom.